The van der Waals surface area contributed by atoms with E-state index in [1.54, 1.807) is 11.8 Å². The largest absolute Gasteiger partial charge is 0.418 e. The second-order valence-electron chi connectivity index (χ2n) is 7.61. The van der Waals surface area contributed by atoms with E-state index in [4.69, 9.17) is 0 Å². The van der Waals surface area contributed by atoms with Crippen molar-refractivity contribution in [3.05, 3.63) is 65.2 Å². The van der Waals surface area contributed by atoms with Crippen LogP contribution < -0.4 is 10.6 Å². The first-order valence-corrected chi connectivity index (χ1v) is 10.3. The minimum absolute atomic E-state index is 0.0104. The van der Waals surface area contributed by atoms with Gasteiger partial charge >= 0.3 is 6.18 Å². The van der Waals surface area contributed by atoms with E-state index >= 15 is 0 Å². The molecule has 0 unspecified atom stereocenters. The minimum Gasteiger partial charge on any atom is -0.348 e. The van der Waals surface area contributed by atoms with Gasteiger partial charge in [0, 0.05) is 0 Å². The molecule has 0 bridgehead atoms. The van der Waals surface area contributed by atoms with E-state index in [0.29, 0.717) is 6.54 Å². The maximum Gasteiger partial charge on any atom is 0.418 e. The molecule has 2 amide bonds. The smallest absolute Gasteiger partial charge is 0.348 e. The molecule has 1 atom stereocenters. The van der Waals surface area contributed by atoms with Crippen LogP contribution in [0.3, 0.4) is 0 Å². The van der Waals surface area contributed by atoms with Crippen LogP contribution >= 0.6 is 0 Å². The number of hydrogen-bond donors (Lipinski definition) is 2. The fraction of sp³-hybridized carbons (Fsp3) is 0.391. The molecule has 31 heavy (non-hydrogen) atoms. The number of nitrogens with zero attached hydrogens (tertiary/aromatic N) is 1. The average molecular weight is 433 g/mol. The molecule has 166 valence electrons. The summed E-state index contributed by atoms with van der Waals surface area (Å²) in [6.45, 7) is 2.00. The SMILES string of the molecule is CCN(CC(=O)Nc1ccccc1C(F)(F)F)CC(=O)N[C@@H]1CCCc2ccccc21. The predicted molar refractivity (Wildman–Crippen MR) is 112 cm³/mol. The summed E-state index contributed by atoms with van der Waals surface area (Å²) >= 11 is 0. The van der Waals surface area contributed by atoms with E-state index in [9.17, 15) is 22.8 Å². The van der Waals surface area contributed by atoms with Crippen molar-refractivity contribution in [3.8, 4) is 0 Å². The zero-order valence-corrected chi connectivity index (χ0v) is 17.3. The summed E-state index contributed by atoms with van der Waals surface area (Å²) < 4.78 is 39.3. The third kappa shape index (κ3) is 6.07. The van der Waals surface area contributed by atoms with Gasteiger partial charge < -0.3 is 10.6 Å². The van der Waals surface area contributed by atoms with Crippen molar-refractivity contribution in [2.24, 2.45) is 0 Å². The lowest BCUT2D eigenvalue weighted by molar-refractivity contribution is -0.137. The van der Waals surface area contributed by atoms with E-state index in [1.165, 1.54) is 23.8 Å². The highest BCUT2D eigenvalue weighted by molar-refractivity contribution is 5.93. The number of rotatable bonds is 7. The molecule has 2 aromatic rings. The van der Waals surface area contributed by atoms with Crippen molar-refractivity contribution in [1.29, 1.82) is 0 Å². The van der Waals surface area contributed by atoms with E-state index in [2.05, 4.69) is 16.7 Å². The van der Waals surface area contributed by atoms with Crippen LogP contribution in [0.2, 0.25) is 0 Å². The Labute approximate surface area is 179 Å². The summed E-state index contributed by atoms with van der Waals surface area (Å²) in [6.07, 6.45) is -1.74. The van der Waals surface area contributed by atoms with Crippen LogP contribution in [-0.2, 0) is 22.2 Å². The molecule has 0 aromatic heterocycles. The standard InChI is InChI=1S/C23H26F3N3O2/c1-2-29(15-22(31)28-20-12-6-5-11-18(20)23(24,25)26)14-21(30)27-19-13-7-9-16-8-3-4-10-17(16)19/h3-6,8,10-12,19H,2,7,9,13-15H2,1H3,(H,27,30)(H,28,31)/t19-/m1/s1. The third-order valence-corrected chi connectivity index (χ3v) is 5.39. The van der Waals surface area contributed by atoms with Crippen LogP contribution in [0.4, 0.5) is 18.9 Å². The molecule has 1 aliphatic rings. The molecule has 0 radical (unpaired) electrons. The number of halogens is 3. The van der Waals surface area contributed by atoms with Gasteiger partial charge in [-0.1, -0.05) is 43.3 Å². The van der Waals surface area contributed by atoms with E-state index in [0.717, 1.165) is 30.9 Å². The lowest BCUT2D eigenvalue weighted by Crippen LogP contribution is -2.42. The van der Waals surface area contributed by atoms with Crippen LogP contribution in [0.15, 0.2) is 48.5 Å². The van der Waals surface area contributed by atoms with Crippen LogP contribution in [0.25, 0.3) is 0 Å². The van der Waals surface area contributed by atoms with Crippen LogP contribution in [0.5, 0.6) is 0 Å². The summed E-state index contributed by atoms with van der Waals surface area (Å²) in [5, 5.41) is 5.35. The maximum atomic E-state index is 13.1. The zero-order valence-electron chi connectivity index (χ0n) is 17.3. The number of para-hydroxylation sites is 1. The van der Waals surface area contributed by atoms with Crippen LogP contribution in [0.1, 0.15) is 42.5 Å². The normalized spacial score (nSPS) is 16.0. The highest BCUT2D eigenvalue weighted by Gasteiger charge is 2.33. The average Bonchev–Trinajstić information content (AvgIpc) is 2.73. The lowest BCUT2D eigenvalue weighted by atomic mass is 9.88. The summed E-state index contributed by atoms with van der Waals surface area (Å²) in [7, 11) is 0. The van der Waals surface area contributed by atoms with Gasteiger partial charge in [0.05, 0.1) is 30.4 Å². The number of aryl methyl sites for hydroxylation is 1. The molecule has 0 spiro atoms. The Balaban J connectivity index is 1.57. The number of likely N-dealkylation sites (N-methyl/N-ethyl adjacent to an activating group) is 1. The minimum atomic E-state index is -4.56. The monoisotopic (exact) mass is 433 g/mol. The summed E-state index contributed by atoms with van der Waals surface area (Å²) in [6, 6.07) is 12.8. The van der Waals surface area contributed by atoms with Crippen molar-refractivity contribution in [3.63, 3.8) is 0 Å². The first-order valence-electron chi connectivity index (χ1n) is 10.3. The topological polar surface area (TPSA) is 61.4 Å². The number of carbonyl (C=O) groups is 2. The molecule has 3 rings (SSSR count). The molecule has 0 saturated carbocycles. The van der Waals surface area contributed by atoms with Gasteiger partial charge in [-0.05, 0) is 49.1 Å². The van der Waals surface area contributed by atoms with Gasteiger partial charge in [-0.25, -0.2) is 0 Å². The summed E-state index contributed by atoms with van der Waals surface area (Å²) in [5.74, 6) is -0.818. The lowest BCUT2D eigenvalue weighted by Gasteiger charge is -2.27. The van der Waals surface area contributed by atoms with Crippen molar-refractivity contribution in [2.75, 3.05) is 25.0 Å². The zero-order chi connectivity index (χ0) is 22.4. The second kappa shape index (κ2) is 9.96. The van der Waals surface area contributed by atoms with E-state index in [-0.39, 0.29) is 30.7 Å². The van der Waals surface area contributed by atoms with E-state index < -0.39 is 17.6 Å². The molecule has 0 fully saturated rings. The molecule has 5 nitrogen and oxygen atoms in total. The fourth-order valence-electron chi connectivity index (χ4n) is 3.86. The predicted octanol–water partition coefficient (Wildman–Crippen LogP) is 4.16. The number of amides is 2. The molecule has 1 aliphatic carbocycles. The first-order chi connectivity index (χ1) is 14.8. The summed E-state index contributed by atoms with van der Waals surface area (Å²) in [5.41, 5.74) is 1.15. The maximum absolute atomic E-state index is 13.1. The molecule has 0 heterocycles. The highest BCUT2D eigenvalue weighted by Crippen LogP contribution is 2.34. The van der Waals surface area contributed by atoms with Crippen LogP contribution in [0, 0.1) is 0 Å². The first kappa shape index (κ1) is 22.8. The quantitative estimate of drug-likeness (QED) is 0.689. The Morgan fingerprint density at radius 1 is 1.03 bits per heavy atom. The van der Waals surface area contributed by atoms with Crippen molar-refractivity contribution in [1.82, 2.24) is 10.2 Å². The number of anilines is 1. The van der Waals surface area contributed by atoms with Crippen LogP contribution in [-0.4, -0.2) is 36.3 Å². The van der Waals surface area contributed by atoms with Crippen molar-refractivity contribution < 1.29 is 22.8 Å². The fourth-order valence-corrected chi connectivity index (χ4v) is 3.86. The molecule has 0 saturated heterocycles. The molecule has 2 N–H and O–H groups in total. The van der Waals surface area contributed by atoms with Gasteiger partial charge in [-0.3, -0.25) is 14.5 Å². The second-order valence-corrected chi connectivity index (χ2v) is 7.61. The van der Waals surface area contributed by atoms with Crippen molar-refractivity contribution in [2.45, 2.75) is 38.4 Å². The number of fused-ring (bicyclic) bond motifs is 1. The van der Waals surface area contributed by atoms with Gasteiger partial charge in [0.25, 0.3) is 0 Å². The Morgan fingerprint density at radius 2 is 1.71 bits per heavy atom. The van der Waals surface area contributed by atoms with Gasteiger partial charge in [0.15, 0.2) is 0 Å². The molecule has 0 aliphatic heterocycles. The van der Waals surface area contributed by atoms with E-state index in [1.807, 2.05) is 18.2 Å². The Hall–Kier alpha value is -2.87. The Morgan fingerprint density at radius 3 is 2.45 bits per heavy atom. The van der Waals surface area contributed by atoms with Gasteiger partial charge in [-0.2, -0.15) is 13.2 Å². The highest BCUT2D eigenvalue weighted by atomic mass is 19.4. The van der Waals surface area contributed by atoms with Gasteiger partial charge in [0.1, 0.15) is 0 Å². The Kier molecular flexibility index (Phi) is 7.33. The third-order valence-electron chi connectivity index (χ3n) is 5.39. The molecule has 2 aromatic carbocycles. The number of benzene rings is 2. The number of nitrogens with one attached hydrogen (secondary N) is 2. The molecular formula is C23H26F3N3O2. The molecule has 8 heteroatoms. The Bertz CT molecular complexity index is 930. The van der Waals surface area contributed by atoms with Gasteiger partial charge in [-0.15, -0.1) is 0 Å². The van der Waals surface area contributed by atoms with Gasteiger partial charge in [0.2, 0.25) is 11.8 Å². The van der Waals surface area contributed by atoms with Crippen molar-refractivity contribution >= 4 is 17.5 Å². The number of carbonyl (C=O) groups excluding carboxylic acids is 2. The summed E-state index contributed by atoms with van der Waals surface area (Å²) in [4.78, 5) is 26.5. The number of hydrogen-bond acceptors (Lipinski definition) is 3. The number of alkyl halides is 3. The molecular weight excluding hydrogens is 407 g/mol.